The van der Waals surface area contributed by atoms with E-state index >= 15 is 0 Å². The first-order valence-electron chi connectivity index (χ1n) is 4.41. The number of rotatable bonds is 3. The summed E-state index contributed by atoms with van der Waals surface area (Å²) in [5.41, 5.74) is 6.52. The third-order valence-corrected chi connectivity index (χ3v) is 3.57. The van der Waals surface area contributed by atoms with Crippen LogP contribution in [0.2, 0.25) is 0 Å². The van der Waals surface area contributed by atoms with Crippen LogP contribution in [-0.4, -0.2) is 15.2 Å². The van der Waals surface area contributed by atoms with Crippen LogP contribution in [0.3, 0.4) is 0 Å². The van der Waals surface area contributed by atoms with Gasteiger partial charge < -0.3 is 5.73 Å². The van der Waals surface area contributed by atoms with Gasteiger partial charge in [0.15, 0.2) is 4.34 Å². The molecule has 2 aromatic heterocycles. The fraction of sp³-hybridized carbons (Fsp3) is 0.222. The first-order chi connectivity index (χ1) is 7.28. The van der Waals surface area contributed by atoms with E-state index < -0.39 is 0 Å². The monoisotopic (exact) mass is 238 g/mol. The molecule has 0 unspecified atom stereocenters. The van der Waals surface area contributed by atoms with Gasteiger partial charge in [0.2, 0.25) is 0 Å². The summed E-state index contributed by atoms with van der Waals surface area (Å²) in [6, 6.07) is 3.92. The van der Waals surface area contributed by atoms with Gasteiger partial charge in [-0.2, -0.15) is 0 Å². The van der Waals surface area contributed by atoms with Crippen LogP contribution in [0, 0.1) is 6.92 Å². The maximum Gasteiger partial charge on any atom is 0.180 e. The maximum atomic E-state index is 5.49. The number of aryl methyl sites for hydroxylation is 1. The molecule has 0 atom stereocenters. The second-order valence-corrected chi connectivity index (χ2v) is 5.35. The van der Waals surface area contributed by atoms with Gasteiger partial charge in [0.25, 0.3) is 0 Å². The van der Waals surface area contributed by atoms with Crippen molar-refractivity contribution in [1.82, 2.24) is 15.2 Å². The van der Waals surface area contributed by atoms with Crippen molar-refractivity contribution >= 4 is 23.1 Å². The van der Waals surface area contributed by atoms with Crippen LogP contribution in [-0.2, 0) is 6.54 Å². The highest BCUT2D eigenvalue weighted by molar-refractivity contribution is 8.01. The van der Waals surface area contributed by atoms with Gasteiger partial charge in [-0.3, -0.25) is 0 Å². The van der Waals surface area contributed by atoms with Gasteiger partial charge in [-0.05, 0) is 30.3 Å². The van der Waals surface area contributed by atoms with Crippen LogP contribution in [0.4, 0.5) is 0 Å². The summed E-state index contributed by atoms with van der Waals surface area (Å²) in [7, 11) is 0. The van der Waals surface area contributed by atoms with E-state index in [-0.39, 0.29) is 0 Å². The zero-order valence-electron chi connectivity index (χ0n) is 8.17. The van der Waals surface area contributed by atoms with Crippen molar-refractivity contribution in [3.05, 3.63) is 28.9 Å². The predicted octanol–water partition coefficient (Wildman–Crippen LogP) is 1.85. The molecular weight excluding hydrogens is 228 g/mol. The lowest BCUT2D eigenvalue weighted by Crippen LogP contribution is -1.96. The Morgan fingerprint density at radius 1 is 1.40 bits per heavy atom. The quantitative estimate of drug-likeness (QED) is 0.884. The Kier molecular flexibility index (Phi) is 3.30. The van der Waals surface area contributed by atoms with Crippen molar-refractivity contribution in [2.45, 2.75) is 22.8 Å². The van der Waals surface area contributed by atoms with E-state index in [1.54, 1.807) is 17.5 Å². The Labute approximate surface area is 95.9 Å². The number of aromatic nitrogens is 3. The van der Waals surface area contributed by atoms with E-state index in [2.05, 4.69) is 15.2 Å². The largest absolute Gasteiger partial charge is 0.326 e. The normalized spacial score (nSPS) is 10.5. The van der Waals surface area contributed by atoms with Crippen molar-refractivity contribution in [3.63, 3.8) is 0 Å². The van der Waals surface area contributed by atoms with E-state index in [4.69, 9.17) is 5.73 Å². The second kappa shape index (κ2) is 4.69. The summed E-state index contributed by atoms with van der Waals surface area (Å²) in [6.45, 7) is 2.46. The molecule has 0 aromatic carbocycles. The molecule has 0 saturated carbocycles. The molecule has 0 aliphatic rings. The van der Waals surface area contributed by atoms with Gasteiger partial charge in [0.05, 0.1) is 0 Å². The van der Waals surface area contributed by atoms with Gasteiger partial charge >= 0.3 is 0 Å². The molecule has 2 N–H and O–H groups in total. The lowest BCUT2D eigenvalue weighted by atomic mass is 10.3. The van der Waals surface area contributed by atoms with Crippen LogP contribution in [0.25, 0.3) is 0 Å². The minimum atomic E-state index is 0.524. The molecule has 0 saturated heterocycles. The van der Waals surface area contributed by atoms with Crippen molar-refractivity contribution in [1.29, 1.82) is 0 Å². The molecule has 0 aliphatic carbocycles. The van der Waals surface area contributed by atoms with Gasteiger partial charge in [-0.1, -0.05) is 17.4 Å². The van der Waals surface area contributed by atoms with Gasteiger partial charge in [-0.15, -0.1) is 10.2 Å². The van der Waals surface area contributed by atoms with Gasteiger partial charge in [0, 0.05) is 12.7 Å². The fourth-order valence-electron chi connectivity index (χ4n) is 1.00. The van der Waals surface area contributed by atoms with Crippen molar-refractivity contribution in [3.8, 4) is 0 Å². The molecule has 0 radical (unpaired) electrons. The topological polar surface area (TPSA) is 64.7 Å². The average molecular weight is 238 g/mol. The highest BCUT2D eigenvalue weighted by Crippen LogP contribution is 2.28. The first-order valence-corrected chi connectivity index (χ1v) is 6.04. The smallest absolute Gasteiger partial charge is 0.180 e. The number of hydrogen-bond donors (Lipinski definition) is 1. The Balaban J connectivity index is 2.11. The summed E-state index contributed by atoms with van der Waals surface area (Å²) >= 11 is 3.09. The Morgan fingerprint density at radius 3 is 2.80 bits per heavy atom. The molecule has 0 bridgehead atoms. The highest BCUT2D eigenvalue weighted by Gasteiger charge is 2.03. The van der Waals surface area contributed by atoms with Gasteiger partial charge in [0.1, 0.15) is 10.0 Å². The van der Waals surface area contributed by atoms with E-state index in [9.17, 15) is 0 Å². The molecule has 0 amide bonds. The Morgan fingerprint density at radius 2 is 2.27 bits per heavy atom. The van der Waals surface area contributed by atoms with E-state index in [1.165, 1.54) is 11.8 Å². The summed E-state index contributed by atoms with van der Waals surface area (Å²) in [4.78, 5) is 4.28. The summed E-state index contributed by atoms with van der Waals surface area (Å²) in [5, 5.41) is 9.86. The number of nitrogens with zero attached hydrogens (tertiary/aromatic N) is 3. The Bertz CT molecular complexity index is 438. The van der Waals surface area contributed by atoms with Crippen LogP contribution < -0.4 is 5.73 Å². The van der Waals surface area contributed by atoms with Gasteiger partial charge in [-0.25, -0.2) is 4.98 Å². The van der Waals surface area contributed by atoms with E-state index in [0.717, 1.165) is 19.9 Å². The molecule has 2 heterocycles. The van der Waals surface area contributed by atoms with Crippen molar-refractivity contribution < 1.29 is 0 Å². The Hall–Kier alpha value is -0.980. The SMILES string of the molecule is Cc1nnc(Sc2ccc(CN)cn2)s1. The van der Waals surface area contributed by atoms with Crippen molar-refractivity contribution in [2.75, 3.05) is 0 Å². The summed E-state index contributed by atoms with van der Waals surface area (Å²) in [5.74, 6) is 0. The molecule has 78 valence electrons. The van der Waals surface area contributed by atoms with Crippen LogP contribution in [0.1, 0.15) is 10.6 Å². The molecule has 2 rings (SSSR count). The molecule has 0 aliphatic heterocycles. The van der Waals surface area contributed by atoms with Crippen LogP contribution in [0.15, 0.2) is 27.7 Å². The zero-order chi connectivity index (χ0) is 10.7. The zero-order valence-corrected chi connectivity index (χ0v) is 9.81. The third kappa shape index (κ3) is 2.74. The number of nitrogens with two attached hydrogens (primary N) is 1. The maximum absolute atomic E-state index is 5.49. The lowest BCUT2D eigenvalue weighted by Gasteiger charge is -1.97. The van der Waals surface area contributed by atoms with Crippen molar-refractivity contribution in [2.24, 2.45) is 5.73 Å². The fourth-order valence-corrected chi connectivity index (χ4v) is 2.70. The standard InChI is InChI=1S/C9H10N4S2/c1-6-12-13-9(14-6)15-8-3-2-7(4-10)5-11-8/h2-3,5H,4,10H2,1H3. The predicted molar refractivity (Wildman–Crippen MR) is 60.9 cm³/mol. The molecule has 2 aromatic rings. The number of pyridine rings is 1. The molecule has 4 nitrogen and oxygen atoms in total. The molecule has 0 fully saturated rings. The average Bonchev–Trinajstić information content (AvgIpc) is 2.65. The van der Waals surface area contributed by atoms with Crippen LogP contribution in [0.5, 0.6) is 0 Å². The summed E-state index contributed by atoms with van der Waals surface area (Å²) < 4.78 is 0.917. The lowest BCUT2D eigenvalue weighted by molar-refractivity contribution is 0.976. The minimum Gasteiger partial charge on any atom is -0.326 e. The molecule has 0 spiro atoms. The third-order valence-electron chi connectivity index (χ3n) is 1.73. The second-order valence-electron chi connectivity index (χ2n) is 2.90. The highest BCUT2D eigenvalue weighted by atomic mass is 32.2. The van der Waals surface area contributed by atoms with E-state index in [0.29, 0.717) is 6.54 Å². The van der Waals surface area contributed by atoms with Crippen LogP contribution >= 0.6 is 23.1 Å². The summed E-state index contributed by atoms with van der Waals surface area (Å²) in [6.07, 6.45) is 1.79. The number of hydrogen-bond acceptors (Lipinski definition) is 6. The minimum absolute atomic E-state index is 0.524. The van der Waals surface area contributed by atoms with E-state index in [1.807, 2.05) is 19.1 Å². The molecule has 6 heteroatoms. The first kappa shape index (κ1) is 10.5. The molecule has 15 heavy (non-hydrogen) atoms. The molecular formula is C9H10N4S2.